The topological polar surface area (TPSA) is 122 Å². The van der Waals surface area contributed by atoms with Gasteiger partial charge in [0.05, 0.1) is 10.6 Å². The lowest BCUT2D eigenvalue weighted by Crippen LogP contribution is -2.26. The normalized spacial score (nSPS) is 11.1. The molecule has 0 unspecified atom stereocenters. The molecule has 0 aromatic heterocycles. The second kappa shape index (κ2) is 4.33. The molecular formula is C7H9N3O5S. The molecule has 0 bridgehead atoms. The summed E-state index contributed by atoms with van der Waals surface area (Å²) in [6.45, 7) is 0. The van der Waals surface area contributed by atoms with Gasteiger partial charge in [0, 0.05) is 19.2 Å². The zero-order chi connectivity index (χ0) is 12.3. The van der Waals surface area contributed by atoms with Gasteiger partial charge in [-0.3, -0.25) is 14.8 Å². The Kier molecular flexibility index (Phi) is 3.30. The third-order valence-corrected chi connectivity index (χ3v) is 2.73. The van der Waals surface area contributed by atoms with Crippen molar-refractivity contribution in [1.82, 2.24) is 4.72 Å². The molecule has 0 saturated heterocycles. The first kappa shape index (κ1) is 12.2. The highest BCUT2D eigenvalue weighted by molar-refractivity contribution is 7.90. The molecule has 0 amide bonds. The Bertz CT molecular complexity index is 513. The fraction of sp³-hybridized carbons (Fsp3) is 0.143. The van der Waals surface area contributed by atoms with Crippen LogP contribution in [0.3, 0.4) is 0 Å². The average Bonchev–Trinajstić information content (AvgIpc) is 2.21. The van der Waals surface area contributed by atoms with Gasteiger partial charge in [-0.2, -0.15) is 8.42 Å². The summed E-state index contributed by atoms with van der Waals surface area (Å²) >= 11 is 0. The molecular weight excluding hydrogens is 238 g/mol. The fourth-order valence-electron chi connectivity index (χ4n) is 0.915. The molecule has 8 nitrogen and oxygen atoms in total. The molecule has 0 spiro atoms. The number of nitrogens with zero attached hydrogens (tertiary/aromatic N) is 1. The van der Waals surface area contributed by atoms with Crippen LogP contribution in [0.1, 0.15) is 0 Å². The number of nitro groups is 1. The number of nitro benzene ring substituents is 1. The van der Waals surface area contributed by atoms with Crippen molar-refractivity contribution in [3.8, 4) is 5.75 Å². The van der Waals surface area contributed by atoms with E-state index in [1.165, 1.54) is 0 Å². The minimum Gasteiger partial charge on any atom is -0.506 e. The molecule has 0 saturated carbocycles. The van der Waals surface area contributed by atoms with Crippen molar-refractivity contribution in [2.75, 3.05) is 11.8 Å². The minimum atomic E-state index is -3.82. The highest BCUT2D eigenvalue weighted by Gasteiger charge is 2.14. The van der Waals surface area contributed by atoms with Crippen LogP contribution < -0.4 is 9.44 Å². The predicted octanol–water partition coefficient (Wildman–Crippen LogP) is 0.176. The van der Waals surface area contributed by atoms with Crippen LogP contribution in [-0.2, 0) is 10.2 Å². The first-order valence-electron chi connectivity index (χ1n) is 4.04. The standard InChI is InChI=1S/C7H9N3O5S/c1-8-16(14,15)9-6-4-5(10(12)13)2-3-7(6)11/h2-4,8-9,11H,1H3. The molecule has 1 aromatic carbocycles. The number of hydrogen-bond acceptors (Lipinski definition) is 5. The van der Waals surface area contributed by atoms with E-state index in [1.807, 2.05) is 9.44 Å². The van der Waals surface area contributed by atoms with Gasteiger partial charge < -0.3 is 5.11 Å². The van der Waals surface area contributed by atoms with Gasteiger partial charge in [-0.1, -0.05) is 0 Å². The second-order valence-corrected chi connectivity index (χ2v) is 4.39. The molecule has 0 atom stereocenters. The quantitative estimate of drug-likeness (QED) is 0.398. The number of phenolic OH excluding ortho intramolecular Hbond substituents is 1. The number of nitrogens with one attached hydrogen (secondary N) is 2. The molecule has 1 aromatic rings. The smallest absolute Gasteiger partial charge is 0.298 e. The van der Waals surface area contributed by atoms with Crippen molar-refractivity contribution in [2.24, 2.45) is 0 Å². The van der Waals surface area contributed by atoms with Gasteiger partial charge in [0.1, 0.15) is 5.75 Å². The van der Waals surface area contributed by atoms with E-state index in [0.717, 1.165) is 25.2 Å². The molecule has 3 N–H and O–H groups in total. The van der Waals surface area contributed by atoms with E-state index >= 15 is 0 Å². The Morgan fingerprint density at radius 3 is 2.56 bits per heavy atom. The predicted molar refractivity (Wildman–Crippen MR) is 56.4 cm³/mol. The number of benzene rings is 1. The number of phenols is 1. The first-order valence-corrected chi connectivity index (χ1v) is 5.53. The average molecular weight is 247 g/mol. The van der Waals surface area contributed by atoms with Crippen LogP contribution in [0.4, 0.5) is 11.4 Å². The van der Waals surface area contributed by atoms with Crippen LogP contribution in [0, 0.1) is 10.1 Å². The van der Waals surface area contributed by atoms with Crippen LogP contribution in [0.2, 0.25) is 0 Å². The van der Waals surface area contributed by atoms with Crippen LogP contribution in [0.25, 0.3) is 0 Å². The molecule has 88 valence electrons. The summed E-state index contributed by atoms with van der Waals surface area (Å²) in [5.74, 6) is -0.399. The highest BCUT2D eigenvalue weighted by Crippen LogP contribution is 2.28. The van der Waals surface area contributed by atoms with Crippen molar-refractivity contribution in [3.63, 3.8) is 0 Å². The van der Waals surface area contributed by atoms with E-state index in [-0.39, 0.29) is 11.4 Å². The number of aromatic hydroxyl groups is 1. The molecule has 0 heterocycles. The highest BCUT2D eigenvalue weighted by atomic mass is 32.2. The summed E-state index contributed by atoms with van der Waals surface area (Å²) in [6, 6.07) is 3.02. The van der Waals surface area contributed by atoms with Crippen LogP contribution >= 0.6 is 0 Å². The lowest BCUT2D eigenvalue weighted by molar-refractivity contribution is -0.384. The zero-order valence-corrected chi connectivity index (χ0v) is 8.98. The summed E-state index contributed by atoms with van der Waals surface area (Å²) in [7, 11) is -2.66. The van der Waals surface area contributed by atoms with E-state index in [4.69, 9.17) is 0 Å². The second-order valence-electron chi connectivity index (χ2n) is 2.77. The monoisotopic (exact) mass is 247 g/mol. The maximum absolute atomic E-state index is 11.1. The molecule has 0 radical (unpaired) electrons. The van der Waals surface area contributed by atoms with Crippen molar-refractivity contribution in [1.29, 1.82) is 0 Å². The Hall–Kier alpha value is -1.87. The van der Waals surface area contributed by atoms with Gasteiger partial charge in [0.15, 0.2) is 0 Å². The summed E-state index contributed by atoms with van der Waals surface area (Å²) in [4.78, 5) is 9.73. The Morgan fingerprint density at radius 1 is 1.44 bits per heavy atom. The Balaban J connectivity index is 3.13. The van der Waals surface area contributed by atoms with Gasteiger partial charge in [0.2, 0.25) is 0 Å². The lowest BCUT2D eigenvalue weighted by atomic mass is 10.2. The summed E-state index contributed by atoms with van der Waals surface area (Å²) in [6.07, 6.45) is 0. The van der Waals surface area contributed by atoms with E-state index in [0.29, 0.717) is 0 Å². The van der Waals surface area contributed by atoms with E-state index in [2.05, 4.69) is 0 Å². The maximum atomic E-state index is 11.1. The molecule has 9 heteroatoms. The summed E-state index contributed by atoms with van der Waals surface area (Å²) < 4.78 is 26.1. The molecule has 0 aliphatic heterocycles. The zero-order valence-electron chi connectivity index (χ0n) is 8.17. The van der Waals surface area contributed by atoms with Gasteiger partial charge in [-0.05, 0) is 6.07 Å². The maximum Gasteiger partial charge on any atom is 0.298 e. The lowest BCUT2D eigenvalue weighted by Gasteiger charge is -2.07. The Labute approximate surface area is 91.2 Å². The molecule has 0 fully saturated rings. The third-order valence-electron chi connectivity index (χ3n) is 1.70. The van der Waals surface area contributed by atoms with Crippen LogP contribution in [0.5, 0.6) is 5.75 Å². The van der Waals surface area contributed by atoms with Gasteiger partial charge in [-0.15, -0.1) is 0 Å². The molecule has 0 aliphatic carbocycles. The van der Waals surface area contributed by atoms with Crippen molar-refractivity contribution in [2.45, 2.75) is 0 Å². The Morgan fingerprint density at radius 2 is 2.06 bits per heavy atom. The van der Waals surface area contributed by atoms with Gasteiger partial charge >= 0.3 is 0 Å². The minimum absolute atomic E-state index is 0.261. The molecule has 16 heavy (non-hydrogen) atoms. The third kappa shape index (κ3) is 2.81. The van der Waals surface area contributed by atoms with E-state index in [1.54, 1.807) is 0 Å². The number of anilines is 1. The largest absolute Gasteiger partial charge is 0.506 e. The van der Waals surface area contributed by atoms with Crippen LogP contribution in [0.15, 0.2) is 18.2 Å². The molecule has 1 rings (SSSR count). The SMILES string of the molecule is CNS(=O)(=O)Nc1cc([N+](=O)[O-])ccc1O. The summed E-state index contributed by atoms with van der Waals surface area (Å²) in [5.41, 5.74) is -0.588. The molecule has 0 aliphatic rings. The van der Waals surface area contributed by atoms with Crippen molar-refractivity contribution >= 4 is 21.6 Å². The first-order chi connectivity index (χ1) is 7.35. The van der Waals surface area contributed by atoms with Gasteiger partial charge in [-0.25, -0.2) is 4.72 Å². The number of rotatable bonds is 4. The van der Waals surface area contributed by atoms with Crippen molar-refractivity contribution < 1.29 is 18.4 Å². The number of non-ortho nitro benzene ring substituents is 1. The fourth-order valence-corrected chi connectivity index (χ4v) is 1.47. The van der Waals surface area contributed by atoms with Crippen LogP contribution in [-0.4, -0.2) is 25.5 Å². The van der Waals surface area contributed by atoms with E-state index in [9.17, 15) is 23.6 Å². The van der Waals surface area contributed by atoms with E-state index < -0.39 is 20.9 Å². The summed E-state index contributed by atoms with van der Waals surface area (Å²) in [5, 5.41) is 19.7. The van der Waals surface area contributed by atoms with Gasteiger partial charge in [0.25, 0.3) is 15.9 Å². The van der Waals surface area contributed by atoms with Crippen molar-refractivity contribution in [3.05, 3.63) is 28.3 Å². The number of hydrogen-bond donors (Lipinski definition) is 3.